The zero-order chi connectivity index (χ0) is 21.9. The summed E-state index contributed by atoms with van der Waals surface area (Å²) in [5, 5.41) is 17.4. The van der Waals surface area contributed by atoms with Crippen LogP contribution in [0.15, 0.2) is 39.1 Å². The molecule has 0 atom stereocenters. The van der Waals surface area contributed by atoms with Gasteiger partial charge in [0.2, 0.25) is 0 Å². The molecule has 0 saturated heterocycles. The van der Waals surface area contributed by atoms with E-state index >= 15 is 0 Å². The first kappa shape index (κ1) is 28.5. The van der Waals surface area contributed by atoms with E-state index in [0.717, 1.165) is 0 Å². The number of nitrogens with zero attached hydrogens (tertiary/aromatic N) is 1. The molecule has 0 aliphatic heterocycles. The van der Waals surface area contributed by atoms with Gasteiger partial charge in [-0.05, 0) is 46.3 Å². The van der Waals surface area contributed by atoms with E-state index in [0.29, 0.717) is 16.0 Å². The Kier molecular flexibility index (Phi) is 14.0. The van der Waals surface area contributed by atoms with Gasteiger partial charge in [0.15, 0.2) is 0 Å². The number of carboxylic acid groups (broad SMARTS) is 2. The molecule has 29 heavy (non-hydrogen) atoms. The van der Waals surface area contributed by atoms with E-state index in [9.17, 15) is 9.59 Å². The monoisotopic (exact) mass is 486 g/mol. The minimum absolute atomic E-state index is 0. The Hall–Kier alpha value is -2.73. The van der Waals surface area contributed by atoms with Crippen LogP contribution >= 0.6 is 28.7 Å². The first-order valence-corrected chi connectivity index (χ1v) is 8.39. The maximum atomic E-state index is 10.7. The van der Waals surface area contributed by atoms with Crippen molar-refractivity contribution >= 4 is 59.7 Å². The molecule has 2 aromatic rings. The van der Waals surface area contributed by atoms with Gasteiger partial charge < -0.3 is 31.2 Å². The van der Waals surface area contributed by atoms with Crippen molar-refractivity contribution in [3.05, 3.63) is 45.9 Å². The van der Waals surface area contributed by atoms with Gasteiger partial charge in [0.1, 0.15) is 11.5 Å². The van der Waals surface area contributed by atoms with Crippen molar-refractivity contribution in [3.63, 3.8) is 0 Å². The van der Waals surface area contributed by atoms with Gasteiger partial charge in [-0.15, -0.1) is 0 Å². The molecule has 0 heterocycles. The fraction of sp³-hybridized carbons (Fsp3) is 0.176. The Labute approximate surface area is 183 Å². The summed E-state index contributed by atoms with van der Waals surface area (Å²) in [6.45, 7) is 0. The maximum absolute atomic E-state index is 10.7. The predicted molar refractivity (Wildman–Crippen MR) is 120 cm³/mol. The van der Waals surface area contributed by atoms with Crippen LogP contribution < -0.4 is 20.9 Å². The number of thiol groups is 1. The number of rotatable bonds is 4. The fourth-order valence-corrected chi connectivity index (χ4v) is 2.17. The van der Waals surface area contributed by atoms with Crippen LogP contribution in [-0.2, 0) is 0 Å². The summed E-state index contributed by atoms with van der Waals surface area (Å²) in [5.74, 6) is -1.18. The topological polar surface area (TPSA) is 157 Å². The predicted octanol–water partition coefficient (Wildman–Crippen LogP) is 3.53. The van der Waals surface area contributed by atoms with Gasteiger partial charge in [-0.25, -0.2) is 9.59 Å². The first-order chi connectivity index (χ1) is 13.1. The Morgan fingerprint density at radius 2 is 1.48 bits per heavy atom. The fourth-order valence-electron chi connectivity index (χ4n) is 1.74. The van der Waals surface area contributed by atoms with Crippen LogP contribution in [0.5, 0.6) is 11.5 Å². The quantitative estimate of drug-likeness (QED) is 0.249. The number of nitrogen functional groups attached to an aromatic ring is 2. The molecule has 2 rings (SSSR count). The molecule has 0 spiro atoms. The van der Waals surface area contributed by atoms with Gasteiger partial charge in [-0.1, -0.05) is 7.43 Å². The molecule has 0 aromatic heterocycles. The molecular formula is C17H22BBrN3O6S. The molecule has 0 aliphatic rings. The van der Waals surface area contributed by atoms with Gasteiger partial charge in [0.05, 0.1) is 31.0 Å². The van der Waals surface area contributed by atoms with Gasteiger partial charge >= 0.3 is 36.7 Å². The summed E-state index contributed by atoms with van der Waals surface area (Å²) < 4.78 is 12.9. The molecule has 157 valence electrons. The van der Waals surface area contributed by atoms with Crippen LogP contribution in [0, 0.1) is 0 Å². The van der Waals surface area contributed by atoms with E-state index in [1.54, 1.807) is 12.1 Å². The van der Waals surface area contributed by atoms with Crippen molar-refractivity contribution in [1.82, 2.24) is 0 Å². The van der Waals surface area contributed by atoms with E-state index in [1.165, 1.54) is 32.4 Å². The summed E-state index contributed by atoms with van der Waals surface area (Å²) >= 11 is 6.33. The molecule has 0 saturated carbocycles. The molecule has 0 fully saturated rings. The summed E-state index contributed by atoms with van der Waals surface area (Å²) in [4.78, 5) is 21.2. The zero-order valence-corrected chi connectivity index (χ0v) is 17.4. The molecule has 12 heteroatoms. The first-order valence-electron chi connectivity index (χ1n) is 7.20. The second kappa shape index (κ2) is 14.3. The van der Waals surface area contributed by atoms with Gasteiger partial charge in [-0.3, -0.25) is 0 Å². The average molecular weight is 487 g/mol. The molecule has 9 nitrogen and oxygen atoms in total. The molecule has 0 unspecified atom stereocenters. The summed E-state index contributed by atoms with van der Waals surface area (Å²) in [6, 6.07) is 7.49. The Balaban J connectivity index is 0. The Bertz CT molecular complexity index is 854. The Morgan fingerprint density at radius 1 is 1.03 bits per heavy atom. The van der Waals surface area contributed by atoms with E-state index in [4.69, 9.17) is 31.2 Å². The van der Waals surface area contributed by atoms with Crippen LogP contribution in [0.1, 0.15) is 28.1 Å². The zero-order valence-electron chi connectivity index (χ0n) is 14.9. The second-order valence-electron chi connectivity index (χ2n) is 4.75. The normalized spacial score (nSPS) is 8.66. The van der Waals surface area contributed by atoms with E-state index in [2.05, 4.69) is 40.7 Å². The minimum atomic E-state index is -1.07. The number of methoxy groups -OCH3 is 2. The number of halogens is 1. The molecular weight excluding hydrogens is 465 g/mol. The number of nitrogens with two attached hydrogens (primary N) is 2. The van der Waals surface area contributed by atoms with Crippen molar-refractivity contribution in [2.24, 2.45) is 4.30 Å². The molecule has 1 radical (unpaired) electrons. The van der Waals surface area contributed by atoms with Crippen LogP contribution in [0.2, 0.25) is 0 Å². The standard InChI is InChI=1S/C8H8BrNO3.C8H9NO3.CH4.BHNS/c1-13-4-2-5(8(11)12)7(10)6(9)3-4;1-12-5-2-3-7(9)6(4-5)8(10)11;;1-2-3/h2-3H,10H2,1H3,(H,11,12);2-4H,9H2,1H3,(H,10,11);1H4;3H. The number of benzene rings is 2. The number of hydrogen-bond acceptors (Lipinski definition) is 8. The molecule has 6 N–H and O–H groups in total. The van der Waals surface area contributed by atoms with E-state index < -0.39 is 11.9 Å². The average Bonchev–Trinajstić information content (AvgIpc) is 2.65. The van der Waals surface area contributed by atoms with Crippen molar-refractivity contribution < 1.29 is 29.3 Å². The third kappa shape index (κ3) is 9.35. The summed E-state index contributed by atoms with van der Waals surface area (Å²) in [5.41, 5.74) is 11.5. The van der Waals surface area contributed by atoms with Crippen LogP contribution in [-0.4, -0.2) is 44.0 Å². The third-order valence-electron chi connectivity index (χ3n) is 3.06. The number of carbonyl (C=O) groups is 2. The summed E-state index contributed by atoms with van der Waals surface area (Å²) in [7, 11) is 7.27. The molecule has 0 amide bonds. The van der Waals surface area contributed by atoms with Crippen molar-refractivity contribution in [2.45, 2.75) is 7.43 Å². The number of anilines is 2. The van der Waals surface area contributed by atoms with Crippen molar-refractivity contribution in [3.8, 4) is 11.5 Å². The third-order valence-corrected chi connectivity index (χ3v) is 3.72. The Morgan fingerprint density at radius 3 is 1.90 bits per heavy atom. The number of carboxylic acids is 2. The summed E-state index contributed by atoms with van der Waals surface area (Å²) in [6.07, 6.45) is 0. The molecule has 2 aromatic carbocycles. The van der Waals surface area contributed by atoms with Crippen LogP contribution in [0.25, 0.3) is 0 Å². The van der Waals surface area contributed by atoms with E-state index in [-0.39, 0.29) is 29.9 Å². The van der Waals surface area contributed by atoms with Crippen molar-refractivity contribution in [2.75, 3.05) is 25.7 Å². The number of ether oxygens (including phenoxy) is 2. The van der Waals surface area contributed by atoms with Gasteiger partial charge in [0, 0.05) is 10.2 Å². The van der Waals surface area contributed by atoms with Gasteiger partial charge in [-0.2, -0.15) is 0 Å². The van der Waals surface area contributed by atoms with Gasteiger partial charge in [0.25, 0.3) is 0 Å². The van der Waals surface area contributed by atoms with E-state index in [1.807, 2.05) is 0 Å². The second-order valence-corrected chi connectivity index (χ2v) is 5.83. The van der Waals surface area contributed by atoms with Crippen LogP contribution in [0.3, 0.4) is 0 Å². The number of aromatic carboxylic acids is 2. The van der Waals surface area contributed by atoms with Crippen molar-refractivity contribution in [1.29, 1.82) is 0 Å². The number of hydrogen-bond donors (Lipinski definition) is 5. The molecule has 0 bridgehead atoms. The SMILES string of the molecule is C.COc1cc(Br)c(N)c(C(=O)O)c1.COc1ccc(N)c(C(=O)O)c1.[B]=NS. The van der Waals surface area contributed by atoms with Crippen LogP contribution in [0.4, 0.5) is 11.4 Å². The molecule has 0 aliphatic carbocycles.